The van der Waals surface area contributed by atoms with Crippen LogP contribution in [-0.4, -0.2) is 21.3 Å². The minimum atomic E-state index is 0.419. The maximum absolute atomic E-state index is 5.77. The predicted octanol–water partition coefficient (Wildman–Crippen LogP) is 2.21. The Hall–Kier alpha value is -1.10. The molecular formula is C13H22N4S. The van der Waals surface area contributed by atoms with Crippen molar-refractivity contribution in [3.8, 4) is 0 Å². The highest BCUT2D eigenvalue weighted by Crippen LogP contribution is 2.30. The van der Waals surface area contributed by atoms with E-state index in [-0.39, 0.29) is 0 Å². The lowest BCUT2D eigenvalue weighted by Gasteiger charge is -2.13. The molecule has 1 aliphatic rings. The standard InChI is InChI=1S/C13H22N4S/c1-8-4-5-10(6-8)7-15-13-11(12(14)18)9(2)16-17(13)3/h8,10,15H,4-7H2,1-3H3,(H2,14,18). The summed E-state index contributed by atoms with van der Waals surface area (Å²) in [6.45, 7) is 5.25. The first kappa shape index (κ1) is 13.3. The summed E-state index contributed by atoms with van der Waals surface area (Å²) in [7, 11) is 1.92. The second-order valence-corrected chi connectivity index (χ2v) is 5.90. The van der Waals surface area contributed by atoms with Gasteiger partial charge in [0.15, 0.2) is 0 Å². The first-order valence-corrected chi connectivity index (χ1v) is 6.97. The lowest BCUT2D eigenvalue weighted by molar-refractivity contribution is 0.535. The first-order valence-electron chi connectivity index (χ1n) is 6.56. The van der Waals surface area contributed by atoms with Gasteiger partial charge in [0, 0.05) is 13.6 Å². The van der Waals surface area contributed by atoms with Gasteiger partial charge in [0.2, 0.25) is 0 Å². The molecule has 0 spiro atoms. The largest absolute Gasteiger partial charge is 0.389 e. The molecule has 1 heterocycles. The van der Waals surface area contributed by atoms with E-state index in [1.807, 2.05) is 18.7 Å². The van der Waals surface area contributed by atoms with E-state index in [9.17, 15) is 0 Å². The highest BCUT2D eigenvalue weighted by Gasteiger charge is 2.22. The molecule has 0 amide bonds. The molecule has 2 atom stereocenters. The second kappa shape index (κ2) is 5.26. The molecule has 2 unspecified atom stereocenters. The molecule has 5 heteroatoms. The smallest absolute Gasteiger partial charge is 0.134 e. The lowest BCUT2D eigenvalue weighted by atomic mass is 10.1. The van der Waals surface area contributed by atoms with Crippen molar-refractivity contribution in [3.63, 3.8) is 0 Å². The Morgan fingerprint density at radius 1 is 1.56 bits per heavy atom. The van der Waals surface area contributed by atoms with Crippen molar-refractivity contribution in [2.24, 2.45) is 24.6 Å². The summed E-state index contributed by atoms with van der Waals surface area (Å²) >= 11 is 5.10. The second-order valence-electron chi connectivity index (χ2n) is 5.46. The van der Waals surface area contributed by atoms with E-state index < -0.39 is 0 Å². The highest BCUT2D eigenvalue weighted by molar-refractivity contribution is 7.80. The summed E-state index contributed by atoms with van der Waals surface area (Å²) in [5, 5.41) is 7.86. The first-order chi connectivity index (χ1) is 8.49. The number of nitrogens with one attached hydrogen (secondary N) is 1. The minimum absolute atomic E-state index is 0.419. The van der Waals surface area contributed by atoms with Crippen molar-refractivity contribution in [1.82, 2.24) is 9.78 Å². The van der Waals surface area contributed by atoms with Crippen LogP contribution in [0.2, 0.25) is 0 Å². The zero-order valence-corrected chi connectivity index (χ0v) is 12.2. The number of thiocarbonyl (C=S) groups is 1. The summed E-state index contributed by atoms with van der Waals surface area (Å²) < 4.78 is 1.84. The maximum atomic E-state index is 5.77. The van der Waals surface area contributed by atoms with Gasteiger partial charge in [-0.05, 0) is 31.6 Å². The van der Waals surface area contributed by atoms with Crippen LogP contribution in [0.3, 0.4) is 0 Å². The highest BCUT2D eigenvalue weighted by atomic mass is 32.1. The third-order valence-corrected chi connectivity index (χ3v) is 4.03. The summed E-state index contributed by atoms with van der Waals surface area (Å²) in [5.74, 6) is 2.58. The van der Waals surface area contributed by atoms with E-state index in [0.29, 0.717) is 4.99 Å². The Morgan fingerprint density at radius 2 is 2.28 bits per heavy atom. The monoisotopic (exact) mass is 266 g/mol. The number of anilines is 1. The number of nitrogens with zero attached hydrogens (tertiary/aromatic N) is 2. The quantitative estimate of drug-likeness (QED) is 0.820. The normalized spacial score (nSPS) is 23.3. The Balaban J connectivity index is 2.07. The van der Waals surface area contributed by atoms with Crippen molar-refractivity contribution in [2.75, 3.05) is 11.9 Å². The van der Waals surface area contributed by atoms with Gasteiger partial charge in [0.1, 0.15) is 10.8 Å². The van der Waals surface area contributed by atoms with Gasteiger partial charge in [-0.3, -0.25) is 4.68 Å². The Kier molecular flexibility index (Phi) is 3.90. The van der Waals surface area contributed by atoms with Crippen LogP contribution in [0, 0.1) is 18.8 Å². The van der Waals surface area contributed by atoms with E-state index in [2.05, 4.69) is 17.3 Å². The fraction of sp³-hybridized carbons (Fsp3) is 0.692. The summed E-state index contributed by atoms with van der Waals surface area (Å²) in [4.78, 5) is 0.419. The summed E-state index contributed by atoms with van der Waals surface area (Å²) in [6, 6.07) is 0. The Morgan fingerprint density at radius 3 is 2.83 bits per heavy atom. The van der Waals surface area contributed by atoms with E-state index in [0.717, 1.165) is 35.5 Å². The van der Waals surface area contributed by atoms with Crippen LogP contribution in [0.4, 0.5) is 5.82 Å². The van der Waals surface area contributed by atoms with Crippen LogP contribution in [0.25, 0.3) is 0 Å². The third kappa shape index (κ3) is 2.66. The average Bonchev–Trinajstić information content (AvgIpc) is 2.79. The number of nitrogens with two attached hydrogens (primary N) is 1. The number of aromatic nitrogens is 2. The molecule has 4 nitrogen and oxygen atoms in total. The van der Waals surface area contributed by atoms with Crippen molar-refractivity contribution in [1.29, 1.82) is 0 Å². The molecule has 0 bridgehead atoms. The van der Waals surface area contributed by atoms with Crippen molar-refractivity contribution in [2.45, 2.75) is 33.1 Å². The van der Waals surface area contributed by atoms with Crippen LogP contribution in [-0.2, 0) is 7.05 Å². The lowest BCUT2D eigenvalue weighted by Crippen LogP contribution is -2.18. The Bertz CT molecular complexity index is 452. The van der Waals surface area contributed by atoms with Crippen LogP contribution in [0.5, 0.6) is 0 Å². The third-order valence-electron chi connectivity index (χ3n) is 3.83. The van der Waals surface area contributed by atoms with Crippen molar-refractivity contribution < 1.29 is 0 Å². The van der Waals surface area contributed by atoms with Gasteiger partial charge in [0.05, 0.1) is 11.3 Å². The average molecular weight is 266 g/mol. The van der Waals surface area contributed by atoms with Crippen LogP contribution in [0.15, 0.2) is 0 Å². The molecule has 1 saturated carbocycles. The summed E-state index contributed by atoms with van der Waals surface area (Å²) in [5.41, 5.74) is 7.56. The number of rotatable bonds is 4. The van der Waals surface area contributed by atoms with Crippen LogP contribution < -0.4 is 11.1 Å². The van der Waals surface area contributed by atoms with E-state index >= 15 is 0 Å². The predicted molar refractivity (Wildman–Crippen MR) is 78.8 cm³/mol. The van der Waals surface area contributed by atoms with E-state index in [4.69, 9.17) is 18.0 Å². The SMILES string of the molecule is Cc1nn(C)c(NCC2CCC(C)C2)c1C(N)=S. The molecule has 100 valence electrons. The van der Waals surface area contributed by atoms with Gasteiger partial charge in [-0.15, -0.1) is 0 Å². The van der Waals surface area contributed by atoms with Crippen LogP contribution >= 0.6 is 12.2 Å². The van der Waals surface area contributed by atoms with Gasteiger partial charge < -0.3 is 11.1 Å². The molecule has 18 heavy (non-hydrogen) atoms. The van der Waals surface area contributed by atoms with E-state index in [1.165, 1.54) is 19.3 Å². The van der Waals surface area contributed by atoms with Gasteiger partial charge in [0.25, 0.3) is 0 Å². The zero-order chi connectivity index (χ0) is 13.3. The number of aryl methyl sites for hydroxylation is 2. The molecule has 0 aromatic carbocycles. The molecular weight excluding hydrogens is 244 g/mol. The fourth-order valence-electron chi connectivity index (χ4n) is 2.91. The fourth-order valence-corrected chi connectivity index (χ4v) is 3.15. The molecule has 0 saturated heterocycles. The molecule has 1 fully saturated rings. The zero-order valence-electron chi connectivity index (χ0n) is 11.4. The minimum Gasteiger partial charge on any atom is -0.389 e. The summed E-state index contributed by atoms with van der Waals surface area (Å²) in [6.07, 6.45) is 3.97. The number of hydrogen-bond donors (Lipinski definition) is 2. The van der Waals surface area contributed by atoms with Gasteiger partial charge in [-0.25, -0.2) is 0 Å². The maximum Gasteiger partial charge on any atom is 0.134 e. The molecule has 0 radical (unpaired) electrons. The molecule has 0 aliphatic heterocycles. The molecule has 1 aromatic rings. The van der Waals surface area contributed by atoms with Crippen LogP contribution in [0.1, 0.15) is 37.4 Å². The van der Waals surface area contributed by atoms with Gasteiger partial charge >= 0.3 is 0 Å². The van der Waals surface area contributed by atoms with Crippen molar-refractivity contribution in [3.05, 3.63) is 11.3 Å². The number of hydrogen-bond acceptors (Lipinski definition) is 3. The van der Waals surface area contributed by atoms with Gasteiger partial charge in [-0.1, -0.05) is 25.6 Å². The topological polar surface area (TPSA) is 55.9 Å². The molecule has 3 N–H and O–H groups in total. The molecule has 1 aliphatic carbocycles. The molecule has 1 aromatic heterocycles. The van der Waals surface area contributed by atoms with Gasteiger partial charge in [-0.2, -0.15) is 5.10 Å². The molecule has 2 rings (SSSR count). The van der Waals surface area contributed by atoms with E-state index in [1.54, 1.807) is 0 Å². The van der Waals surface area contributed by atoms with Crippen molar-refractivity contribution >= 4 is 23.0 Å². The Labute approximate surface area is 114 Å².